The van der Waals surface area contributed by atoms with Gasteiger partial charge in [-0.2, -0.15) is 0 Å². The van der Waals surface area contributed by atoms with E-state index in [1.165, 1.54) is 11.8 Å². The van der Waals surface area contributed by atoms with E-state index >= 15 is 0 Å². The highest BCUT2D eigenvalue weighted by molar-refractivity contribution is 8.00. The van der Waals surface area contributed by atoms with Crippen LogP contribution in [0.5, 0.6) is 5.75 Å². The summed E-state index contributed by atoms with van der Waals surface area (Å²) in [5.74, 6) is -0.0637. The van der Waals surface area contributed by atoms with E-state index in [0.29, 0.717) is 35.7 Å². The third kappa shape index (κ3) is 8.83. The zero-order valence-electron chi connectivity index (χ0n) is 25.9. The van der Waals surface area contributed by atoms with Gasteiger partial charge in [-0.05, 0) is 51.7 Å². The van der Waals surface area contributed by atoms with E-state index in [1.807, 2.05) is 44.2 Å². The van der Waals surface area contributed by atoms with Crippen molar-refractivity contribution in [3.05, 3.63) is 59.7 Å². The number of hydrogen-bond acceptors (Lipinski definition) is 8. The second kappa shape index (κ2) is 15.2. The predicted molar refractivity (Wildman–Crippen MR) is 169 cm³/mol. The number of hydrogen-bond donors (Lipinski definition) is 2. The average molecular weight is 613 g/mol. The molecule has 0 unspecified atom stereocenters. The summed E-state index contributed by atoms with van der Waals surface area (Å²) in [5.41, 5.74) is 3.17. The van der Waals surface area contributed by atoms with E-state index in [9.17, 15) is 9.59 Å². The van der Waals surface area contributed by atoms with Crippen LogP contribution in [0.2, 0.25) is 0 Å². The normalized spacial score (nSPS) is 29.9. The molecule has 1 fully saturated rings. The van der Waals surface area contributed by atoms with Gasteiger partial charge in [0, 0.05) is 30.6 Å². The number of ether oxygens (including phenoxy) is 5. The topological polar surface area (TPSA) is 104 Å². The fraction of sp³-hybridized carbons (Fsp3) is 0.515. The molecule has 1 aromatic rings. The lowest BCUT2D eigenvalue weighted by Crippen LogP contribution is -2.50. The van der Waals surface area contributed by atoms with Gasteiger partial charge in [-0.15, -0.1) is 11.8 Å². The largest absolute Gasteiger partial charge is 0.465 e. The standard InChI is InChI=1S/C33H44N2O7S/c1-21-13-12-15-24-31(40-20-38-5)25(18-26-32(24)43-19-29(37)35-26)34-28(36)17-23(39-6)14-10-8-7-9-11-16-27-22(2)30(21)42-33(3,4)41-27/h7-11,13-14,18,22-23,27,30H,12,15-17,19-20H2,1-6H3,(H,34,36)(H,35,37)/b8-7-,11-9-,14-10-,21-13-/t22-,23-,27-,30-/m0/s1. The summed E-state index contributed by atoms with van der Waals surface area (Å²) in [4.78, 5) is 26.4. The average Bonchev–Trinajstić information content (AvgIpc) is 2.96. The number of anilines is 2. The first-order chi connectivity index (χ1) is 20.6. The van der Waals surface area contributed by atoms with Crippen molar-refractivity contribution >= 4 is 35.0 Å². The van der Waals surface area contributed by atoms with E-state index < -0.39 is 11.9 Å². The molecular formula is C33H44N2O7S. The van der Waals surface area contributed by atoms with Crippen molar-refractivity contribution < 1.29 is 33.3 Å². The molecule has 4 rings (SSSR count). The van der Waals surface area contributed by atoms with Crippen molar-refractivity contribution in [3.8, 4) is 5.75 Å². The molecule has 0 spiro atoms. The van der Waals surface area contributed by atoms with Gasteiger partial charge in [0.25, 0.3) is 0 Å². The number of rotatable bonds is 4. The van der Waals surface area contributed by atoms with Crippen LogP contribution in [0.1, 0.15) is 52.5 Å². The Bertz CT molecular complexity index is 1290. The van der Waals surface area contributed by atoms with Crippen LogP contribution in [0.3, 0.4) is 0 Å². The van der Waals surface area contributed by atoms with E-state index in [1.54, 1.807) is 20.3 Å². The number of amides is 2. The number of thioether (sulfide) groups is 1. The van der Waals surface area contributed by atoms with Gasteiger partial charge in [0.2, 0.25) is 11.8 Å². The van der Waals surface area contributed by atoms with Gasteiger partial charge in [-0.25, -0.2) is 0 Å². The van der Waals surface area contributed by atoms with Crippen LogP contribution >= 0.6 is 11.8 Å². The summed E-state index contributed by atoms with van der Waals surface area (Å²) in [6.07, 6.45) is 15.5. The molecule has 0 aliphatic carbocycles. The molecule has 3 aliphatic rings. The Morgan fingerprint density at radius 1 is 1.05 bits per heavy atom. The maximum atomic E-state index is 13.2. The Hall–Kier alpha value is -2.89. The Balaban J connectivity index is 1.75. The number of nitrogens with one attached hydrogen (secondary N) is 2. The number of allylic oxidation sites excluding steroid dienone is 5. The molecule has 3 heterocycles. The Morgan fingerprint density at radius 2 is 1.81 bits per heavy atom. The highest BCUT2D eigenvalue weighted by Crippen LogP contribution is 2.45. The van der Waals surface area contributed by atoms with Crippen LogP contribution < -0.4 is 15.4 Å². The lowest BCUT2D eigenvalue weighted by atomic mass is 9.88. The summed E-state index contributed by atoms with van der Waals surface area (Å²) in [6, 6.07) is 1.76. The van der Waals surface area contributed by atoms with Gasteiger partial charge >= 0.3 is 0 Å². The Labute approximate surface area is 259 Å². The molecule has 10 heteroatoms. The molecule has 1 aromatic carbocycles. The summed E-state index contributed by atoms with van der Waals surface area (Å²) in [6.45, 7) is 8.22. The molecule has 4 atom stereocenters. The summed E-state index contributed by atoms with van der Waals surface area (Å²) >= 11 is 1.47. The van der Waals surface area contributed by atoms with E-state index in [2.05, 4.69) is 36.6 Å². The quantitative estimate of drug-likeness (QED) is 0.308. The zero-order chi connectivity index (χ0) is 31.0. The number of carbonyl (C=O) groups excluding carboxylic acids is 2. The van der Waals surface area contributed by atoms with Gasteiger partial charge in [0.15, 0.2) is 18.3 Å². The van der Waals surface area contributed by atoms with Crippen LogP contribution in [0.25, 0.3) is 0 Å². The molecule has 234 valence electrons. The highest BCUT2D eigenvalue weighted by atomic mass is 32.2. The van der Waals surface area contributed by atoms with E-state index in [4.69, 9.17) is 23.7 Å². The lowest BCUT2D eigenvalue weighted by molar-refractivity contribution is -0.310. The van der Waals surface area contributed by atoms with Gasteiger partial charge < -0.3 is 34.3 Å². The minimum absolute atomic E-state index is 0.000817. The minimum atomic E-state index is -0.713. The molecular weight excluding hydrogens is 568 g/mol. The van der Waals surface area contributed by atoms with Crippen LogP contribution in [0.4, 0.5) is 11.4 Å². The molecule has 1 saturated heterocycles. The maximum Gasteiger partial charge on any atom is 0.234 e. The molecule has 3 aliphatic heterocycles. The van der Waals surface area contributed by atoms with Crippen molar-refractivity contribution in [2.24, 2.45) is 5.92 Å². The third-order valence-corrected chi connectivity index (χ3v) is 8.78. The first-order valence-corrected chi connectivity index (χ1v) is 15.7. The maximum absolute atomic E-state index is 13.2. The van der Waals surface area contributed by atoms with Crippen molar-refractivity contribution in [2.75, 3.05) is 37.4 Å². The summed E-state index contributed by atoms with van der Waals surface area (Å²) in [5, 5.41) is 5.97. The fourth-order valence-corrected chi connectivity index (χ4v) is 6.53. The van der Waals surface area contributed by atoms with E-state index in [0.717, 1.165) is 22.5 Å². The molecule has 9 nitrogen and oxygen atoms in total. The summed E-state index contributed by atoms with van der Waals surface area (Å²) < 4.78 is 29.6. The molecule has 43 heavy (non-hydrogen) atoms. The van der Waals surface area contributed by atoms with Crippen molar-refractivity contribution in [2.45, 2.75) is 82.4 Å². The predicted octanol–water partition coefficient (Wildman–Crippen LogP) is 6.16. The number of fused-ring (bicyclic) bond motifs is 6. The molecule has 0 radical (unpaired) electrons. The van der Waals surface area contributed by atoms with Gasteiger partial charge in [0.1, 0.15) is 0 Å². The monoisotopic (exact) mass is 612 g/mol. The minimum Gasteiger partial charge on any atom is -0.465 e. The van der Waals surface area contributed by atoms with Crippen molar-refractivity contribution in [1.82, 2.24) is 0 Å². The first-order valence-electron chi connectivity index (χ1n) is 14.7. The van der Waals surface area contributed by atoms with Crippen LogP contribution in [-0.4, -0.2) is 62.7 Å². The first kappa shape index (κ1) is 33.0. The Morgan fingerprint density at radius 3 is 2.58 bits per heavy atom. The van der Waals surface area contributed by atoms with Gasteiger partial charge in [-0.1, -0.05) is 49.5 Å². The number of carbonyl (C=O) groups is 2. The van der Waals surface area contributed by atoms with Crippen LogP contribution in [0, 0.1) is 5.92 Å². The van der Waals surface area contributed by atoms with Crippen LogP contribution in [0.15, 0.2) is 59.1 Å². The summed E-state index contributed by atoms with van der Waals surface area (Å²) in [7, 11) is 3.13. The Kier molecular flexibility index (Phi) is 11.7. The highest BCUT2D eigenvalue weighted by Gasteiger charge is 2.41. The molecule has 0 saturated carbocycles. The molecule has 2 amide bonds. The SMILES string of the molecule is COCOc1c2cc3c(c1CC/C=C(/C)[C@@H]1OC(C)(C)O[C@@H](C\C=C/C=C\C=C/[C@H](OC)CC(=O)N2)[C@@H]1C)SCC(=O)N3. The zero-order valence-corrected chi connectivity index (χ0v) is 26.8. The molecule has 4 bridgehead atoms. The molecule has 2 N–H and O–H groups in total. The van der Waals surface area contributed by atoms with Crippen molar-refractivity contribution in [1.29, 1.82) is 0 Å². The van der Waals surface area contributed by atoms with Gasteiger partial charge in [0.05, 0.1) is 41.9 Å². The van der Waals surface area contributed by atoms with Crippen LogP contribution in [-0.2, 0) is 35.0 Å². The molecule has 0 aromatic heterocycles. The fourth-order valence-electron chi connectivity index (χ4n) is 5.55. The second-order valence-electron chi connectivity index (χ2n) is 11.4. The number of benzene rings is 1. The lowest BCUT2D eigenvalue weighted by Gasteiger charge is -2.45. The third-order valence-electron chi connectivity index (χ3n) is 7.62. The smallest absolute Gasteiger partial charge is 0.234 e. The van der Waals surface area contributed by atoms with Gasteiger partial charge in [-0.3, -0.25) is 9.59 Å². The van der Waals surface area contributed by atoms with Crippen molar-refractivity contribution in [3.63, 3.8) is 0 Å². The number of methoxy groups -OCH3 is 2. The second-order valence-corrected chi connectivity index (χ2v) is 12.4. The van der Waals surface area contributed by atoms with E-state index in [-0.39, 0.29) is 43.2 Å².